The van der Waals surface area contributed by atoms with Gasteiger partial charge in [0.2, 0.25) is 5.91 Å². The van der Waals surface area contributed by atoms with Gasteiger partial charge in [0.1, 0.15) is 5.82 Å². The number of anilines is 1. The fourth-order valence-electron chi connectivity index (χ4n) is 3.52. The average molecular weight is 356 g/mol. The van der Waals surface area contributed by atoms with Crippen LogP contribution in [0.5, 0.6) is 0 Å². The van der Waals surface area contributed by atoms with E-state index >= 15 is 0 Å². The van der Waals surface area contributed by atoms with Crippen molar-refractivity contribution in [3.8, 4) is 0 Å². The number of halogens is 1. The highest BCUT2D eigenvalue weighted by atomic mass is 19.1. The predicted molar refractivity (Wildman–Crippen MR) is 101 cm³/mol. The topological polar surface area (TPSA) is 41.6 Å². The fourth-order valence-corrected chi connectivity index (χ4v) is 3.52. The van der Waals surface area contributed by atoms with Gasteiger partial charge in [-0.2, -0.15) is 0 Å². The van der Waals surface area contributed by atoms with Crippen LogP contribution < -0.4 is 5.32 Å². The Balaban J connectivity index is 1.87. The summed E-state index contributed by atoms with van der Waals surface area (Å²) in [5.74, 6) is -0.428. The molecule has 0 aliphatic carbocycles. The van der Waals surface area contributed by atoms with E-state index in [2.05, 4.69) is 10.2 Å². The molecule has 0 saturated carbocycles. The number of carbonyl (C=O) groups is 1. The second kappa shape index (κ2) is 7.98. The van der Waals surface area contributed by atoms with Crippen molar-refractivity contribution in [2.45, 2.75) is 24.8 Å². The summed E-state index contributed by atoms with van der Waals surface area (Å²) in [6.45, 7) is 1.78. The van der Waals surface area contributed by atoms with Crippen molar-refractivity contribution in [2.24, 2.45) is 0 Å². The molecule has 1 fully saturated rings. The van der Waals surface area contributed by atoms with Crippen LogP contribution in [0.15, 0.2) is 48.5 Å². The van der Waals surface area contributed by atoms with E-state index in [1.165, 1.54) is 12.1 Å². The first kappa shape index (κ1) is 18.5. The summed E-state index contributed by atoms with van der Waals surface area (Å²) in [5.41, 5.74) is 1.83. The van der Waals surface area contributed by atoms with Crippen LogP contribution in [-0.4, -0.2) is 38.1 Å². The average Bonchev–Trinajstić information content (AvgIpc) is 2.62. The minimum atomic E-state index is -0.766. The summed E-state index contributed by atoms with van der Waals surface area (Å²) in [6, 6.07) is 14.2. The highest BCUT2D eigenvalue weighted by molar-refractivity contribution is 5.99. The third-order valence-electron chi connectivity index (χ3n) is 4.84. The van der Waals surface area contributed by atoms with Gasteiger partial charge in [-0.05, 0) is 62.3 Å². The van der Waals surface area contributed by atoms with Gasteiger partial charge in [-0.25, -0.2) is 4.39 Å². The molecule has 2 aromatic carbocycles. The minimum Gasteiger partial charge on any atom is -0.381 e. The summed E-state index contributed by atoms with van der Waals surface area (Å²) >= 11 is 0. The maximum atomic E-state index is 13.8. The van der Waals surface area contributed by atoms with Crippen molar-refractivity contribution < 1.29 is 13.9 Å². The first-order valence-electron chi connectivity index (χ1n) is 8.88. The van der Waals surface area contributed by atoms with Crippen LogP contribution in [-0.2, 0) is 21.5 Å². The smallest absolute Gasteiger partial charge is 0.235 e. The van der Waals surface area contributed by atoms with Gasteiger partial charge in [0.15, 0.2) is 0 Å². The van der Waals surface area contributed by atoms with E-state index < -0.39 is 5.41 Å². The van der Waals surface area contributed by atoms with Gasteiger partial charge < -0.3 is 15.0 Å². The second-order valence-corrected chi connectivity index (χ2v) is 7.10. The number of amides is 1. The first-order valence-corrected chi connectivity index (χ1v) is 8.88. The normalized spacial score (nSPS) is 16.5. The predicted octanol–water partition coefficient (Wildman–Crippen LogP) is 3.57. The Kier molecular flexibility index (Phi) is 5.69. The molecule has 138 valence electrons. The van der Waals surface area contributed by atoms with Gasteiger partial charge in [-0.15, -0.1) is 0 Å². The zero-order valence-corrected chi connectivity index (χ0v) is 15.3. The Labute approximate surface area is 154 Å². The minimum absolute atomic E-state index is 0.103. The van der Waals surface area contributed by atoms with E-state index in [4.69, 9.17) is 4.74 Å². The standard InChI is InChI=1S/C21H25FN2O2/c1-24(2)15-16-5-3-8-19(13-16)23-20(25)21(9-11-26-12-10-21)17-6-4-7-18(22)14-17/h3-8,13-14H,9-12,15H2,1-2H3,(H,23,25). The van der Waals surface area contributed by atoms with Crippen LogP contribution in [0, 0.1) is 5.82 Å². The molecule has 0 spiro atoms. The molecule has 4 nitrogen and oxygen atoms in total. The third-order valence-corrected chi connectivity index (χ3v) is 4.84. The Morgan fingerprint density at radius 2 is 1.88 bits per heavy atom. The van der Waals surface area contributed by atoms with Crippen LogP contribution in [0.25, 0.3) is 0 Å². The number of carbonyl (C=O) groups excluding carboxylic acids is 1. The van der Waals surface area contributed by atoms with Gasteiger partial charge in [-0.3, -0.25) is 4.79 Å². The maximum Gasteiger partial charge on any atom is 0.235 e. The van der Waals surface area contributed by atoms with Crippen LogP contribution in [0.2, 0.25) is 0 Å². The number of hydrogen-bond acceptors (Lipinski definition) is 3. The molecular weight excluding hydrogens is 331 g/mol. The molecule has 26 heavy (non-hydrogen) atoms. The molecule has 5 heteroatoms. The van der Waals surface area contributed by atoms with E-state index in [1.807, 2.05) is 44.4 Å². The summed E-state index contributed by atoms with van der Waals surface area (Å²) in [4.78, 5) is 15.3. The van der Waals surface area contributed by atoms with Crippen LogP contribution in [0.4, 0.5) is 10.1 Å². The second-order valence-electron chi connectivity index (χ2n) is 7.10. The van der Waals surface area contributed by atoms with Crippen molar-refractivity contribution in [1.82, 2.24) is 4.90 Å². The van der Waals surface area contributed by atoms with Crippen LogP contribution >= 0.6 is 0 Å². The van der Waals surface area contributed by atoms with E-state index in [0.29, 0.717) is 31.6 Å². The maximum absolute atomic E-state index is 13.8. The summed E-state index contributed by atoms with van der Waals surface area (Å²) in [7, 11) is 4.01. The number of ether oxygens (including phenoxy) is 1. The third kappa shape index (κ3) is 4.11. The first-order chi connectivity index (χ1) is 12.5. The van der Waals surface area contributed by atoms with Gasteiger partial charge in [-0.1, -0.05) is 24.3 Å². The molecule has 1 heterocycles. The molecule has 1 aliphatic heterocycles. The number of benzene rings is 2. The van der Waals surface area contributed by atoms with Gasteiger partial charge in [0.25, 0.3) is 0 Å². The van der Waals surface area contributed by atoms with Crippen molar-refractivity contribution >= 4 is 11.6 Å². The Morgan fingerprint density at radius 1 is 1.15 bits per heavy atom. The lowest BCUT2D eigenvalue weighted by molar-refractivity contribution is -0.125. The van der Waals surface area contributed by atoms with E-state index in [9.17, 15) is 9.18 Å². The summed E-state index contributed by atoms with van der Waals surface area (Å²) in [5, 5.41) is 3.05. The molecule has 0 atom stereocenters. The molecule has 1 amide bonds. The number of nitrogens with one attached hydrogen (secondary N) is 1. The van der Waals surface area contributed by atoms with Crippen LogP contribution in [0.1, 0.15) is 24.0 Å². The summed E-state index contributed by atoms with van der Waals surface area (Å²) in [6.07, 6.45) is 1.08. The Hall–Kier alpha value is -2.24. The molecule has 0 aromatic heterocycles. The van der Waals surface area contributed by atoms with Crippen molar-refractivity contribution in [3.05, 3.63) is 65.5 Å². The molecular formula is C21H25FN2O2. The van der Waals surface area contributed by atoms with Crippen molar-refractivity contribution in [3.63, 3.8) is 0 Å². The van der Waals surface area contributed by atoms with Gasteiger partial charge in [0.05, 0.1) is 5.41 Å². The SMILES string of the molecule is CN(C)Cc1cccc(NC(=O)C2(c3cccc(F)c3)CCOCC2)c1. The zero-order valence-electron chi connectivity index (χ0n) is 15.3. The molecule has 0 radical (unpaired) electrons. The fraction of sp³-hybridized carbons (Fsp3) is 0.381. The molecule has 0 bridgehead atoms. The lowest BCUT2D eigenvalue weighted by atomic mass is 9.73. The number of rotatable bonds is 5. The Bertz CT molecular complexity index is 770. The summed E-state index contributed by atoms with van der Waals surface area (Å²) < 4.78 is 19.2. The monoisotopic (exact) mass is 356 g/mol. The Morgan fingerprint density at radius 3 is 2.58 bits per heavy atom. The van der Waals surface area contributed by atoms with E-state index in [-0.39, 0.29) is 11.7 Å². The van der Waals surface area contributed by atoms with E-state index in [0.717, 1.165) is 17.8 Å². The van der Waals surface area contributed by atoms with Gasteiger partial charge in [0, 0.05) is 25.4 Å². The lowest BCUT2D eigenvalue weighted by Crippen LogP contribution is -2.44. The molecule has 0 unspecified atom stereocenters. The number of hydrogen-bond donors (Lipinski definition) is 1. The molecule has 1 N–H and O–H groups in total. The molecule has 1 saturated heterocycles. The highest BCUT2D eigenvalue weighted by Crippen LogP contribution is 2.36. The quantitative estimate of drug-likeness (QED) is 0.890. The lowest BCUT2D eigenvalue weighted by Gasteiger charge is -2.36. The van der Waals surface area contributed by atoms with E-state index in [1.54, 1.807) is 6.07 Å². The zero-order chi connectivity index (χ0) is 18.6. The largest absolute Gasteiger partial charge is 0.381 e. The van der Waals surface area contributed by atoms with Gasteiger partial charge >= 0.3 is 0 Å². The molecule has 3 rings (SSSR count). The van der Waals surface area contributed by atoms with Crippen LogP contribution in [0.3, 0.4) is 0 Å². The molecule has 1 aliphatic rings. The number of nitrogens with zero attached hydrogens (tertiary/aromatic N) is 1. The van der Waals surface area contributed by atoms with Crippen molar-refractivity contribution in [2.75, 3.05) is 32.6 Å². The molecule has 2 aromatic rings. The highest BCUT2D eigenvalue weighted by Gasteiger charge is 2.42. The van der Waals surface area contributed by atoms with Crippen molar-refractivity contribution in [1.29, 1.82) is 0 Å².